The van der Waals surface area contributed by atoms with Crippen molar-refractivity contribution in [3.8, 4) is 5.75 Å². The van der Waals surface area contributed by atoms with Gasteiger partial charge in [-0.15, -0.1) is 0 Å². The van der Waals surface area contributed by atoms with E-state index in [-0.39, 0.29) is 11.7 Å². The predicted molar refractivity (Wildman–Crippen MR) is 78.8 cm³/mol. The quantitative estimate of drug-likeness (QED) is 0.755. The van der Waals surface area contributed by atoms with Gasteiger partial charge in [-0.3, -0.25) is 4.79 Å². The lowest BCUT2D eigenvalue weighted by molar-refractivity contribution is 0.0872. The van der Waals surface area contributed by atoms with Crippen LogP contribution in [0.5, 0.6) is 5.75 Å². The highest BCUT2D eigenvalue weighted by atomic mass is 79.9. The number of Topliss-reactive ketones (excluding diaryl/α,β-unsaturated/α-hetero) is 1. The minimum absolute atomic E-state index is 0.193. The van der Waals surface area contributed by atoms with Gasteiger partial charge in [-0.25, -0.2) is 0 Å². The Kier molecular flexibility index (Phi) is 3.66. The summed E-state index contributed by atoms with van der Waals surface area (Å²) in [6, 6.07) is 4.01. The minimum Gasteiger partial charge on any atom is -0.492 e. The Morgan fingerprint density at radius 1 is 1.26 bits per heavy atom. The molecule has 1 aliphatic heterocycles. The first kappa shape index (κ1) is 13.2. The third-order valence-corrected chi connectivity index (χ3v) is 4.86. The summed E-state index contributed by atoms with van der Waals surface area (Å²) in [6.07, 6.45) is 5.32. The molecule has 0 saturated heterocycles. The average molecular weight is 323 g/mol. The molecule has 3 rings (SSSR count). The molecular formula is C16H19BrO2. The predicted octanol–water partition coefficient (Wildman–Crippen LogP) is 4.39. The molecule has 2 nitrogen and oxygen atoms in total. The maximum absolute atomic E-state index is 12.7. The molecule has 102 valence electrons. The van der Waals surface area contributed by atoms with Crippen LogP contribution in [0.2, 0.25) is 0 Å². The van der Waals surface area contributed by atoms with Gasteiger partial charge in [0.1, 0.15) is 5.75 Å². The first-order valence-corrected chi connectivity index (χ1v) is 7.94. The van der Waals surface area contributed by atoms with Gasteiger partial charge in [-0.1, -0.05) is 35.7 Å². The number of ether oxygens (including phenoxy) is 1. The molecule has 0 amide bonds. The van der Waals surface area contributed by atoms with Crippen LogP contribution < -0.4 is 4.74 Å². The number of benzene rings is 1. The number of carbonyl (C=O) groups excluding carboxylic acids is 1. The lowest BCUT2D eigenvalue weighted by Gasteiger charge is -2.25. The SMILES string of the molecule is CC1CCC(C(=O)c2cc(Br)cc3c2OCC3)CC1. The van der Waals surface area contributed by atoms with E-state index in [4.69, 9.17) is 4.74 Å². The molecule has 1 saturated carbocycles. The Labute approximate surface area is 122 Å². The molecule has 0 unspecified atom stereocenters. The van der Waals surface area contributed by atoms with Gasteiger partial charge in [0.2, 0.25) is 0 Å². The minimum atomic E-state index is 0.193. The molecule has 0 radical (unpaired) electrons. The molecule has 0 N–H and O–H groups in total. The summed E-state index contributed by atoms with van der Waals surface area (Å²) >= 11 is 3.51. The zero-order valence-corrected chi connectivity index (χ0v) is 12.8. The Hall–Kier alpha value is -0.830. The summed E-state index contributed by atoms with van der Waals surface area (Å²) in [5, 5.41) is 0. The number of fused-ring (bicyclic) bond motifs is 1. The molecule has 1 fully saturated rings. The third kappa shape index (κ3) is 2.58. The van der Waals surface area contributed by atoms with Crippen molar-refractivity contribution in [2.75, 3.05) is 6.61 Å². The van der Waals surface area contributed by atoms with Gasteiger partial charge in [0, 0.05) is 16.8 Å². The zero-order valence-electron chi connectivity index (χ0n) is 11.2. The normalized spacial score (nSPS) is 25.8. The Morgan fingerprint density at radius 3 is 2.74 bits per heavy atom. The zero-order chi connectivity index (χ0) is 13.4. The first-order valence-electron chi connectivity index (χ1n) is 7.14. The lowest BCUT2D eigenvalue weighted by atomic mass is 9.79. The van der Waals surface area contributed by atoms with Crippen LogP contribution in [0, 0.1) is 11.8 Å². The van der Waals surface area contributed by atoms with Gasteiger partial charge in [-0.05, 0) is 36.5 Å². The maximum atomic E-state index is 12.7. The highest BCUT2D eigenvalue weighted by molar-refractivity contribution is 9.10. The molecule has 1 aliphatic carbocycles. The van der Waals surface area contributed by atoms with E-state index in [1.807, 2.05) is 6.07 Å². The van der Waals surface area contributed by atoms with Crippen molar-refractivity contribution < 1.29 is 9.53 Å². The van der Waals surface area contributed by atoms with E-state index in [1.54, 1.807) is 0 Å². The highest BCUT2D eigenvalue weighted by Crippen LogP contribution is 2.37. The van der Waals surface area contributed by atoms with Crippen LogP contribution >= 0.6 is 15.9 Å². The van der Waals surface area contributed by atoms with Crippen molar-refractivity contribution >= 4 is 21.7 Å². The van der Waals surface area contributed by atoms with Crippen LogP contribution in [-0.2, 0) is 6.42 Å². The van der Waals surface area contributed by atoms with Crippen molar-refractivity contribution in [1.82, 2.24) is 0 Å². The molecule has 19 heavy (non-hydrogen) atoms. The fourth-order valence-corrected chi connectivity index (χ4v) is 3.70. The van der Waals surface area contributed by atoms with E-state index >= 15 is 0 Å². The van der Waals surface area contributed by atoms with Gasteiger partial charge >= 0.3 is 0 Å². The molecule has 1 aromatic rings. The fraction of sp³-hybridized carbons (Fsp3) is 0.562. The van der Waals surface area contributed by atoms with Crippen LogP contribution in [0.1, 0.15) is 48.5 Å². The molecule has 1 aromatic carbocycles. The number of halogens is 1. The van der Waals surface area contributed by atoms with E-state index in [2.05, 4.69) is 28.9 Å². The summed E-state index contributed by atoms with van der Waals surface area (Å²) in [7, 11) is 0. The van der Waals surface area contributed by atoms with Crippen LogP contribution in [0.15, 0.2) is 16.6 Å². The number of carbonyl (C=O) groups is 1. The third-order valence-electron chi connectivity index (χ3n) is 4.40. The number of hydrogen-bond acceptors (Lipinski definition) is 2. The Bertz CT molecular complexity index is 502. The molecule has 0 atom stereocenters. The molecule has 2 aliphatic rings. The maximum Gasteiger partial charge on any atom is 0.169 e. The topological polar surface area (TPSA) is 26.3 Å². The van der Waals surface area contributed by atoms with Gasteiger partial charge in [0.15, 0.2) is 5.78 Å². The molecule has 1 heterocycles. The summed E-state index contributed by atoms with van der Waals surface area (Å²) in [6.45, 7) is 2.98. The highest BCUT2D eigenvalue weighted by Gasteiger charge is 2.29. The molecule has 0 spiro atoms. The van der Waals surface area contributed by atoms with Crippen LogP contribution in [-0.4, -0.2) is 12.4 Å². The van der Waals surface area contributed by atoms with E-state index in [0.717, 1.165) is 41.0 Å². The number of rotatable bonds is 2. The monoisotopic (exact) mass is 322 g/mol. The molecule has 0 aromatic heterocycles. The van der Waals surface area contributed by atoms with Crippen LogP contribution in [0.3, 0.4) is 0 Å². The molecule has 3 heteroatoms. The van der Waals surface area contributed by atoms with Gasteiger partial charge in [0.05, 0.1) is 12.2 Å². The fourth-order valence-electron chi connectivity index (χ4n) is 3.19. The first-order chi connectivity index (χ1) is 9.15. The Balaban J connectivity index is 1.88. The lowest BCUT2D eigenvalue weighted by Crippen LogP contribution is -2.21. The van der Waals surface area contributed by atoms with Crippen LogP contribution in [0.25, 0.3) is 0 Å². The smallest absolute Gasteiger partial charge is 0.169 e. The van der Waals surface area contributed by atoms with Crippen LogP contribution in [0.4, 0.5) is 0 Å². The van der Waals surface area contributed by atoms with Crippen molar-refractivity contribution in [1.29, 1.82) is 0 Å². The molecular weight excluding hydrogens is 304 g/mol. The summed E-state index contributed by atoms with van der Waals surface area (Å²) < 4.78 is 6.67. The van der Waals surface area contributed by atoms with Crippen molar-refractivity contribution in [3.05, 3.63) is 27.7 Å². The summed E-state index contributed by atoms with van der Waals surface area (Å²) in [4.78, 5) is 12.7. The van der Waals surface area contributed by atoms with E-state index in [0.29, 0.717) is 6.61 Å². The second-order valence-electron chi connectivity index (χ2n) is 5.86. The average Bonchev–Trinajstić information content (AvgIpc) is 2.85. The van der Waals surface area contributed by atoms with Crippen molar-refractivity contribution in [2.45, 2.75) is 39.0 Å². The summed E-state index contributed by atoms with van der Waals surface area (Å²) in [5.41, 5.74) is 1.96. The van der Waals surface area contributed by atoms with Crippen molar-refractivity contribution in [3.63, 3.8) is 0 Å². The summed E-state index contributed by atoms with van der Waals surface area (Å²) in [5.74, 6) is 2.09. The van der Waals surface area contributed by atoms with E-state index in [1.165, 1.54) is 18.4 Å². The largest absolute Gasteiger partial charge is 0.492 e. The van der Waals surface area contributed by atoms with Gasteiger partial charge in [-0.2, -0.15) is 0 Å². The van der Waals surface area contributed by atoms with Gasteiger partial charge in [0.25, 0.3) is 0 Å². The van der Waals surface area contributed by atoms with Gasteiger partial charge < -0.3 is 4.74 Å². The molecule has 0 bridgehead atoms. The second kappa shape index (κ2) is 5.28. The standard InChI is InChI=1S/C16H19BrO2/c1-10-2-4-11(5-3-10)15(18)14-9-13(17)8-12-6-7-19-16(12)14/h8-11H,2-7H2,1H3. The second-order valence-corrected chi connectivity index (χ2v) is 6.78. The number of ketones is 1. The Morgan fingerprint density at radius 2 is 2.00 bits per heavy atom. The van der Waals surface area contributed by atoms with Crippen molar-refractivity contribution in [2.24, 2.45) is 11.8 Å². The van der Waals surface area contributed by atoms with E-state index in [9.17, 15) is 4.79 Å². The number of hydrogen-bond donors (Lipinski definition) is 0. The van der Waals surface area contributed by atoms with E-state index < -0.39 is 0 Å².